The van der Waals surface area contributed by atoms with Crippen LogP contribution < -0.4 is 0 Å². The Balaban J connectivity index is 2.71. The zero-order chi connectivity index (χ0) is 14.2. The van der Waals surface area contributed by atoms with Gasteiger partial charge in [0.15, 0.2) is 5.82 Å². The minimum Gasteiger partial charge on any atom is -0.253 e. The molecule has 0 saturated heterocycles. The van der Waals surface area contributed by atoms with E-state index in [-0.39, 0.29) is 15.6 Å². The van der Waals surface area contributed by atoms with Crippen molar-refractivity contribution in [3.63, 3.8) is 0 Å². The van der Waals surface area contributed by atoms with Gasteiger partial charge < -0.3 is 0 Å². The first-order valence-electron chi connectivity index (χ1n) is 4.98. The molecule has 2 rings (SSSR count). The van der Waals surface area contributed by atoms with Crippen molar-refractivity contribution >= 4 is 23.2 Å². The van der Waals surface area contributed by atoms with E-state index in [1.165, 1.54) is 18.2 Å². The molecule has 0 N–H and O–H groups in total. The van der Waals surface area contributed by atoms with Gasteiger partial charge in [0.1, 0.15) is 5.69 Å². The second-order valence-corrected chi connectivity index (χ2v) is 4.43. The molecule has 1 aromatic heterocycles. The standard InChI is InChI=1S/C12H5Cl2F4N/c13-7-2-1-3-8(14)9(7)11-10(15)6(4-5-19-11)12(16,17)18/h1-5H. The fourth-order valence-corrected chi connectivity index (χ4v) is 2.14. The van der Waals surface area contributed by atoms with Gasteiger partial charge in [-0.2, -0.15) is 13.2 Å². The molecule has 0 aliphatic carbocycles. The molecule has 0 spiro atoms. The predicted molar refractivity (Wildman–Crippen MR) is 64.7 cm³/mol. The van der Waals surface area contributed by atoms with Gasteiger partial charge in [-0.05, 0) is 18.2 Å². The molecule has 1 nitrogen and oxygen atoms in total. The third-order valence-electron chi connectivity index (χ3n) is 2.39. The Morgan fingerprint density at radius 2 is 1.58 bits per heavy atom. The molecule has 1 heterocycles. The highest BCUT2D eigenvalue weighted by molar-refractivity contribution is 6.39. The molecule has 0 radical (unpaired) electrons. The Kier molecular flexibility index (Phi) is 3.69. The number of hydrogen-bond acceptors (Lipinski definition) is 1. The van der Waals surface area contributed by atoms with Crippen LogP contribution in [0.4, 0.5) is 17.6 Å². The fraction of sp³-hybridized carbons (Fsp3) is 0.0833. The van der Waals surface area contributed by atoms with Crippen LogP contribution in [0, 0.1) is 5.82 Å². The largest absolute Gasteiger partial charge is 0.419 e. The van der Waals surface area contributed by atoms with E-state index in [1.54, 1.807) is 0 Å². The normalized spacial score (nSPS) is 11.7. The van der Waals surface area contributed by atoms with Crippen LogP contribution >= 0.6 is 23.2 Å². The molecule has 7 heteroatoms. The molecule has 0 unspecified atom stereocenters. The van der Waals surface area contributed by atoms with Gasteiger partial charge in [0, 0.05) is 11.8 Å². The Labute approximate surface area is 115 Å². The van der Waals surface area contributed by atoms with Gasteiger partial charge in [0.25, 0.3) is 0 Å². The lowest BCUT2D eigenvalue weighted by molar-refractivity contribution is -0.140. The van der Waals surface area contributed by atoms with E-state index >= 15 is 0 Å². The van der Waals surface area contributed by atoms with Crippen molar-refractivity contribution in [2.24, 2.45) is 0 Å². The summed E-state index contributed by atoms with van der Waals surface area (Å²) >= 11 is 11.7. The minimum absolute atomic E-state index is 0.0261. The fourth-order valence-electron chi connectivity index (χ4n) is 1.56. The highest BCUT2D eigenvalue weighted by Crippen LogP contribution is 2.39. The van der Waals surface area contributed by atoms with E-state index in [0.29, 0.717) is 6.07 Å². The first-order valence-corrected chi connectivity index (χ1v) is 5.74. The molecule has 0 fully saturated rings. The van der Waals surface area contributed by atoms with E-state index in [0.717, 1.165) is 6.20 Å². The molecular weight excluding hydrogens is 305 g/mol. The van der Waals surface area contributed by atoms with Crippen LogP contribution in [0.25, 0.3) is 11.3 Å². The monoisotopic (exact) mass is 309 g/mol. The molecule has 0 bridgehead atoms. The highest BCUT2D eigenvalue weighted by Gasteiger charge is 2.35. The van der Waals surface area contributed by atoms with Crippen molar-refractivity contribution in [2.45, 2.75) is 6.18 Å². The number of alkyl halides is 3. The molecule has 100 valence electrons. The Bertz CT molecular complexity index is 605. The summed E-state index contributed by atoms with van der Waals surface area (Å²) in [5, 5.41) is 0.0523. The molecule has 0 amide bonds. The van der Waals surface area contributed by atoms with E-state index in [1.807, 2.05) is 0 Å². The number of rotatable bonds is 1. The maximum absolute atomic E-state index is 13.9. The summed E-state index contributed by atoms with van der Waals surface area (Å²) in [6.45, 7) is 0. The van der Waals surface area contributed by atoms with Gasteiger partial charge in [-0.25, -0.2) is 4.39 Å². The maximum Gasteiger partial charge on any atom is 0.419 e. The molecule has 0 saturated carbocycles. The number of nitrogens with zero attached hydrogens (tertiary/aromatic N) is 1. The van der Waals surface area contributed by atoms with Crippen LogP contribution in [-0.2, 0) is 6.18 Å². The van der Waals surface area contributed by atoms with Gasteiger partial charge in [0.05, 0.1) is 15.6 Å². The van der Waals surface area contributed by atoms with Crippen molar-refractivity contribution in [3.8, 4) is 11.3 Å². The van der Waals surface area contributed by atoms with Crippen molar-refractivity contribution in [3.05, 3.63) is 51.9 Å². The number of halogens is 6. The van der Waals surface area contributed by atoms with Gasteiger partial charge >= 0.3 is 6.18 Å². The smallest absolute Gasteiger partial charge is 0.253 e. The van der Waals surface area contributed by atoms with Crippen LogP contribution in [0.3, 0.4) is 0 Å². The third-order valence-corrected chi connectivity index (χ3v) is 3.02. The lowest BCUT2D eigenvalue weighted by atomic mass is 10.1. The molecule has 19 heavy (non-hydrogen) atoms. The van der Waals surface area contributed by atoms with E-state index in [2.05, 4.69) is 4.98 Å². The second kappa shape index (κ2) is 4.98. The topological polar surface area (TPSA) is 12.9 Å². The first-order chi connectivity index (χ1) is 8.82. The molecule has 2 aromatic rings. The zero-order valence-electron chi connectivity index (χ0n) is 9.10. The number of hydrogen-bond donors (Lipinski definition) is 0. The molecule has 0 aliphatic rings. The van der Waals surface area contributed by atoms with Crippen LogP contribution in [0.5, 0.6) is 0 Å². The molecule has 0 aliphatic heterocycles. The number of benzene rings is 1. The van der Waals surface area contributed by atoms with Crippen molar-refractivity contribution < 1.29 is 17.6 Å². The van der Waals surface area contributed by atoms with E-state index < -0.39 is 23.3 Å². The number of aromatic nitrogens is 1. The summed E-state index contributed by atoms with van der Waals surface area (Å²) in [5.41, 5.74) is -1.99. The summed E-state index contributed by atoms with van der Waals surface area (Å²) in [6, 6.07) is 4.84. The van der Waals surface area contributed by atoms with Crippen LogP contribution in [-0.4, -0.2) is 4.98 Å². The Morgan fingerprint density at radius 3 is 2.11 bits per heavy atom. The second-order valence-electron chi connectivity index (χ2n) is 3.62. The van der Waals surface area contributed by atoms with E-state index in [4.69, 9.17) is 23.2 Å². The molecule has 0 atom stereocenters. The zero-order valence-corrected chi connectivity index (χ0v) is 10.6. The Hall–Kier alpha value is -1.33. The SMILES string of the molecule is Fc1c(C(F)(F)F)ccnc1-c1c(Cl)cccc1Cl. The average Bonchev–Trinajstić information content (AvgIpc) is 2.29. The van der Waals surface area contributed by atoms with Gasteiger partial charge in [-0.15, -0.1) is 0 Å². The predicted octanol–water partition coefficient (Wildman–Crippen LogP) is 5.21. The Morgan fingerprint density at radius 1 is 1.00 bits per heavy atom. The van der Waals surface area contributed by atoms with Crippen molar-refractivity contribution in [1.82, 2.24) is 4.98 Å². The number of pyridine rings is 1. The van der Waals surface area contributed by atoms with E-state index in [9.17, 15) is 17.6 Å². The first kappa shape index (κ1) is 14.1. The van der Waals surface area contributed by atoms with Gasteiger partial charge in [-0.1, -0.05) is 29.3 Å². The lowest BCUT2D eigenvalue weighted by Crippen LogP contribution is -2.09. The maximum atomic E-state index is 13.9. The summed E-state index contributed by atoms with van der Waals surface area (Å²) in [4.78, 5) is 3.60. The van der Waals surface area contributed by atoms with Crippen molar-refractivity contribution in [2.75, 3.05) is 0 Å². The lowest BCUT2D eigenvalue weighted by Gasteiger charge is -2.12. The molecule has 1 aromatic carbocycles. The van der Waals surface area contributed by atoms with Crippen molar-refractivity contribution in [1.29, 1.82) is 0 Å². The molecular formula is C12H5Cl2F4N. The summed E-state index contributed by atoms with van der Waals surface area (Å²) in [5.74, 6) is -1.50. The van der Waals surface area contributed by atoms with Crippen LogP contribution in [0.2, 0.25) is 10.0 Å². The van der Waals surface area contributed by atoms with Gasteiger partial charge in [-0.3, -0.25) is 4.98 Å². The summed E-state index contributed by atoms with van der Waals surface area (Å²) in [7, 11) is 0. The minimum atomic E-state index is -4.81. The third kappa shape index (κ3) is 2.67. The summed E-state index contributed by atoms with van der Waals surface area (Å²) < 4.78 is 51.7. The van der Waals surface area contributed by atoms with Gasteiger partial charge in [0.2, 0.25) is 0 Å². The average molecular weight is 310 g/mol. The highest BCUT2D eigenvalue weighted by atomic mass is 35.5. The van der Waals surface area contributed by atoms with Crippen LogP contribution in [0.1, 0.15) is 5.56 Å². The summed E-state index contributed by atoms with van der Waals surface area (Å²) in [6.07, 6.45) is -3.95. The quantitative estimate of drug-likeness (QED) is 0.659. The van der Waals surface area contributed by atoms with Crippen LogP contribution in [0.15, 0.2) is 30.5 Å².